The van der Waals surface area contributed by atoms with Crippen molar-refractivity contribution in [3.63, 3.8) is 0 Å². The van der Waals surface area contributed by atoms with Crippen LogP contribution in [0.1, 0.15) is 19.3 Å². The van der Waals surface area contributed by atoms with E-state index < -0.39 is 0 Å². The van der Waals surface area contributed by atoms with Crippen LogP contribution < -0.4 is 0 Å². The van der Waals surface area contributed by atoms with Crippen LogP contribution in [0.2, 0.25) is 0 Å². The van der Waals surface area contributed by atoms with Crippen LogP contribution in [0.25, 0.3) is 0 Å². The van der Waals surface area contributed by atoms with Crippen LogP contribution in [-0.4, -0.2) is 36.2 Å². The van der Waals surface area contributed by atoms with Crippen molar-refractivity contribution in [3.05, 3.63) is 0 Å². The van der Waals surface area contributed by atoms with Crippen molar-refractivity contribution in [2.75, 3.05) is 26.2 Å². The Morgan fingerprint density at radius 1 is 1.27 bits per heavy atom. The van der Waals surface area contributed by atoms with Crippen molar-refractivity contribution in [1.82, 2.24) is 4.90 Å². The van der Waals surface area contributed by atoms with Gasteiger partial charge in [-0.25, -0.2) is 0 Å². The third-order valence-electron chi connectivity index (χ3n) is 3.29. The average molecular weight is 155 g/mol. The Hall–Kier alpha value is -0.0800. The molecule has 0 aliphatic carbocycles. The Morgan fingerprint density at radius 3 is 2.45 bits per heavy atom. The van der Waals surface area contributed by atoms with E-state index in [0.717, 1.165) is 18.3 Å². The lowest BCUT2D eigenvalue weighted by atomic mass is 9.78. The van der Waals surface area contributed by atoms with Crippen molar-refractivity contribution in [2.45, 2.75) is 19.3 Å². The van der Waals surface area contributed by atoms with E-state index in [1.807, 2.05) is 0 Å². The lowest BCUT2D eigenvalue weighted by molar-refractivity contribution is 0.0378. The first kappa shape index (κ1) is 7.56. The van der Waals surface area contributed by atoms with E-state index in [-0.39, 0.29) is 0 Å². The van der Waals surface area contributed by atoms with Gasteiger partial charge in [0, 0.05) is 13.2 Å². The van der Waals surface area contributed by atoms with Crippen molar-refractivity contribution >= 4 is 0 Å². The molecule has 3 aliphatic rings. The smallest absolute Gasteiger partial charge is 0.0434 e. The molecule has 0 spiro atoms. The molecule has 3 heterocycles. The highest BCUT2D eigenvalue weighted by Crippen LogP contribution is 2.33. The monoisotopic (exact) mass is 155 g/mol. The molecule has 2 nitrogen and oxygen atoms in total. The van der Waals surface area contributed by atoms with Gasteiger partial charge in [-0.1, -0.05) is 0 Å². The van der Waals surface area contributed by atoms with Crippen LogP contribution in [-0.2, 0) is 0 Å². The Morgan fingerprint density at radius 2 is 2.00 bits per heavy atom. The third kappa shape index (κ3) is 1.42. The molecule has 11 heavy (non-hydrogen) atoms. The van der Waals surface area contributed by atoms with E-state index in [1.165, 1.54) is 32.5 Å². The molecule has 0 radical (unpaired) electrons. The average Bonchev–Trinajstić information content (AvgIpc) is 2.07. The van der Waals surface area contributed by atoms with Crippen LogP contribution in [0, 0.1) is 11.8 Å². The van der Waals surface area contributed by atoms with Gasteiger partial charge in [0.2, 0.25) is 0 Å². The SMILES string of the molecule is OCCC1CN2CCC1CC2. The van der Waals surface area contributed by atoms with Gasteiger partial charge in [-0.05, 0) is 44.2 Å². The quantitative estimate of drug-likeness (QED) is 0.635. The zero-order valence-corrected chi connectivity index (χ0v) is 7.00. The molecular weight excluding hydrogens is 138 g/mol. The largest absolute Gasteiger partial charge is 0.396 e. The van der Waals surface area contributed by atoms with E-state index in [1.54, 1.807) is 0 Å². The number of rotatable bonds is 2. The normalized spacial score (nSPS) is 42.8. The molecule has 1 N–H and O–H groups in total. The summed E-state index contributed by atoms with van der Waals surface area (Å²) in [5.41, 5.74) is 0. The predicted molar refractivity (Wildman–Crippen MR) is 44.4 cm³/mol. The molecule has 0 saturated carbocycles. The number of hydrogen-bond donors (Lipinski definition) is 1. The molecule has 3 aliphatic heterocycles. The molecule has 0 aromatic rings. The molecule has 0 aromatic carbocycles. The minimum atomic E-state index is 0.384. The summed E-state index contributed by atoms with van der Waals surface area (Å²) in [6.45, 7) is 4.26. The summed E-state index contributed by atoms with van der Waals surface area (Å²) in [6, 6.07) is 0. The van der Waals surface area contributed by atoms with Crippen LogP contribution in [0.3, 0.4) is 0 Å². The molecule has 64 valence electrons. The summed E-state index contributed by atoms with van der Waals surface area (Å²) in [5.74, 6) is 1.75. The van der Waals surface area contributed by atoms with Gasteiger partial charge in [0.15, 0.2) is 0 Å². The van der Waals surface area contributed by atoms with Crippen molar-refractivity contribution in [3.8, 4) is 0 Å². The number of aliphatic hydroxyl groups excluding tert-OH is 1. The number of nitrogens with zero attached hydrogens (tertiary/aromatic N) is 1. The number of fused-ring (bicyclic) bond motifs is 3. The molecule has 3 rings (SSSR count). The minimum Gasteiger partial charge on any atom is -0.396 e. The third-order valence-corrected chi connectivity index (χ3v) is 3.29. The maximum atomic E-state index is 8.83. The van der Waals surface area contributed by atoms with Crippen molar-refractivity contribution < 1.29 is 5.11 Å². The van der Waals surface area contributed by atoms with Gasteiger partial charge in [-0.2, -0.15) is 0 Å². The van der Waals surface area contributed by atoms with Crippen LogP contribution >= 0.6 is 0 Å². The maximum absolute atomic E-state index is 8.83. The molecule has 0 aromatic heterocycles. The molecule has 3 fully saturated rings. The number of aliphatic hydroxyl groups is 1. The highest BCUT2D eigenvalue weighted by molar-refractivity contribution is 4.86. The molecule has 2 heteroatoms. The molecule has 3 saturated heterocycles. The van der Waals surface area contributed by atoms with Gasteiger partial charge >= 0.3 is 0 Å². The zero-order valence-electron chi connectivity index (χ0n) is 7.00. The second-order valence-electron chi connectivity index (χ2n) is 3.91. The predicted octanol–water partition coefficient (Wildman–Crippen LogP) is 0.711. The van der Waals surface area contributed by atoms with Crippen LogP contribution in [0.5, 0.6) is 0 Å². The molecular formula is C9H17NO. The number of piperidine rings is 3. The lowest BCUT2D eigenvalue weighted by Crippen LogP contribution is -2.47. The molecule has 1 atom stereocenters. The Bertz CT molecular complexity index is 130. The molecule has 1 unspecified atom stereocenters. The molecule has 0 amide bonds. The number of hydrogen-bond acceptors (Lipinski definition) is 2. The van der Waals surface area contributed by atoms with E-state index in [9.17, 15) is 0 Å². The lowest BCUT2D eigenvalue weighted by Gasteiger charge is -2.44. The highest BCUT2D eigenvalue weighted by atomic mass is 16.3. The first-order valence-electron chi connectivity index (χ1n) is 4.73. The van der Waals surface area contributed by atoms with Crippen LogP contribution in [0.4, 0.5) is 0 Å². The van der Waals surface area contributed by atoms with E-state index in [0.29, 0.717) is 6.61 Å². The zero-order chi connectivity index (χ0) is 7.68. The van der Waals surface area contributed by atoms with Crippen molar-refractivity contribution in [1.29, 1.82) is 0 Å². The van der Waals surface area contributed by atoms with Gasteiger partial charge in [0.25, 0.3) is 0 Å². The standard InChI is InChI=1S/C9H17NO/c11-6-3-9-7-10-4-1-8(9)2-5-10/h8-9,11H,1-7H2. The van der Waals surface area contributed by atoms with Gasteiger partial charge in [0.05, 0.1) is 0 Å². The van der Waals surface area contributed by atoms with Gasteiger partial charge < -0.3 is 10.0 Å². The molecule has 2 bridgehead atoms. The summed E-state index contributed by atoms with van der Waals surface area (Å²) >= 11 is 0. The van der Waals surface area contributed by atoms with E-state index in [2.05, 4.69) is 4.90 Å². The summed E-state index contributed by atoms with van der Waals surface area (Å²) < 4.78 is 0. The fraction of sp³-hybridized carbons (Fsp3) is 1.00. The topological polar surface area (TPSA) is 23.5 Å². The Labute approximate surface area is 68.2 Å². The second kappa shape index (κ2) is 3.11. The first-order chi connectivity index (χ1) is 5.40. The fourth-order valence-electron chi connectivity index (χ4n) is 2.58. The van der Waals surface area contributed by atoms with E-state index in [4.69, 9.17) is 5.11 Å². The maximum Gasteiger partial charge on any atom is 0.0434 e. The van der Waals surface area contributed by atoms with Gasteiger partial charge in [0.1, 0.15) is 0 Å². The van der Waals surface area contributed by atoms with Gasteiger partial charge in [-0.15, -0.1) is 0 Å². The fourth-order valence-corrected chi connectivity index (χ4v) is 2.58. The minimum absolute atomic E-state index is 0.384. The Kier molecular flexibility index (Phi) is 2.14. The van der Waals surface area contributed by atoms with E-state index >= 15 is 0 Å². The summed E-state index contributed by atoms with van der Waals surface area (Å²) in [4.78, 5) is 2.54. The van der Waals surface area contributed by atoms with Gasteiger partial charge in [-0.3, -0.25) is 0 Å². The summed E-state index contributed by atoms with van der Waals surface area (Å²) in [6.07, 6.45) is 3.79. The second-order valence-corrected chi connectivity index (χ2v) is 3.91. The van der Waals surface area contributed by atoms with Crippen LogP contribution in [0.15, 0.2) is 0 Å². The highest BCUT2D eigenvalue weighted by Gasteiger charge is 2.33. The Balaban J connectivity index is 1.92. The first-order valence-corrected chi connectivity index (χ1v) is 4.73. The summed E-state index contributed by atoms with van der Waals surface area (Å²) in [5, 5.41) is 8.83. The summed E-state index contributed by atoms with van der Waals surface area (Å²) in [7, 11) is 0. The van der Waals surface area contributed by atoms with Crippen molar-refractivity contribution in [2.24, 2.45) is 11.8 Å².